The van der Waals surface area contributed by atoms with Crippen molar-refractivity contribution < 1.29 is 5.11 Å². The van der Waals surface area contributed by atoms with E-state index in [1.165, 1.54) is 24.3 Å². The summed E-state index contributed by atoms with van der Waals surface area (Å²) in [4.78, 5) is 4.19. The number of aromatic nitrogens is 1. The largest absolute Gasteiger partial charge is 0.388 e. The number of hydrogen-bond donors (Lipinski definition) is 1. The van der Waals surface area contributed by atoms with Crippen molar-refractivity contribution in [3.05, 3.63) is 42.2 Å². The van der Waals surface area contributed by atoms with Gasteiger partial charge in [0.2, 0.25) is 0 Å². The van der Waals surface area contributed by atoms with Gasteiger partial charge in [0.25, 0.3) is 0 Å². The van der Waals surface area contributed by atoms with E-state index in [-0.39, 0.29) is 6.10 Å². The van der Waals surface area contributed by atoms with Gasteiger partial charge >= 0.3 is 0 Å². The molecule has 0 saturated carbocycles. The van der Waals surface area contributed by atoms with Crippen molar-refractivity contribution in [2.75, 3.05) is 11.5 Å². The number of nitrogens with zero attached hydrogens (tertiary/aromatic N) is 1. The van der Waals surface area contributed by atoms with E-state index in [4.69, 9.17) is 0 Å². The second-order valence-corrected chi connectivity index (χ2v) is 6.48. The molecule has 1 fully saturated rings. The van der Waals surface area contributed by atoms with Gasteiger partial charge in [-0.1, -0.05) is 18.2 Å². The molecule has 1 aromatic carbocycles. The fourth-order valence-corrected chi connectivity index (χ4v) is 4.06. The maximum absolute atomic E-state index is 10.5. The van der Waals surface area contributed by atoms with Crippen LogP contribution >= 0.6 is 11.8 Å². The summed E-state index contributed by atoms with van der Waals surface area (Å²) in [5.41, 5.74) is 1.03. The van der Waals surface area contributed by atoms with E-state index in [1.54, 1.807) is 6.20 Å². The van der Waals surface area contributed by atoms with Crippen LogP contribution < -0.4 is 0 Å². The number of aliphatic hydroxyl groups excluding tert-OH is 1. The lowest BCUT2D eigenvalue weighted by molar-refractivity contribution is 0.142. The standard InChI is InChI=1S/C16H19NOS/c18-16(10-12-5-8-19-9-6-12)14-3-1-2-13-4-7-17-11-15(13)14/h1-4,7,11-12,16,18H,5-6,8-10H2. The molecule has 3 heteroatoms. The van der Waals surface area contributed by atoms with Crippen LogP contribution in [0.1, 0.15) is 30.9 Å². The summed E-state index contributed by atoms with van der Waals surface area (Å²) >= 11 is 2.03. The highest BCUT2D eigenvalue weighted by molar-refractivity contribution is 7.99. The van der Waals surface area contributed by atoms with Crippen molar-refractivity contribution in [3.8, 4) is 0 Å². The first-order valence-corrected chi connectivity index (χ1v) is 8.08. The molecule has 1 aliphatic rings. The molecular formula is C16H19NOS. The summed E-state index contributed by atoms with van der Waals surface area (Å²) < 4.78 is 0. The summed E-state index contributed by atoms with van der Waals surface area (Å²) in [7, 11) is 0. The summed E-state index contributed by atoms with van der Waals surface area (Å²) in [6, 6.07) is 8.14. The molecule has 1 N–H and O–H groups in total. The van der Waals surface area contributed by atoms with E-state index in [1.807, 2.05) is 36.2 Å². The van der Waals surface area contributed by atoms with Crippen LogP contribution in [0, 0.1) is 5.92 Å². The van der Waals surface area contributed by atoms with Crippen molar-refractivity contribution in [1.82, 2.24) is 4.98 Å². The molecule has 0 amide bonds. The summed E-state index contributed by atoms with van der Waals surface area (Å²) in [6.45, 7) is 0. The molecule has 0 radical (unpaired) electrons. The molecular weight excluding hydrogens is 254 g/mol. The van der Waals surface area contributed by atoms with Gasteiger partial charge in [0, 0.05) is 17.8 Å². The van der Waals surface area contributed by atoms with E-state index in [0.29, 0.717) is 5.92 Å². The maximum atomic E-state index is 10.5. The highest BCUT2D eigenvalue weighted by atomic mass is 32.2. The van der Waals surface area contributed by atoms with E-state index in [9.17, 15) is 5.11 Å². The Bertz CT molecular complexity index is 546. The van der Waals surface area contributed by atoms with Crippen LogP contribution in [0.5, 0.6) is 0 Å². The predicted molar refractivity (Wildman–Crippen MR) is 81.4 cm³/mol. The van der Waals surface area contributed by atoms with Crippen molar-refractivity contribution in [3.63, 3.8) is 0 Å². The Labute approximate surface area is 118 Å². The third kappa shape index (κ3) is 2.93. The van der Waals surface area contributed by atoms with Crippen LogP contribution in [0.2, 0.25) is 0 Å². The lowest BCUT2D eigenvalue weighted by Crippen LogP contribution is -2.13. The Hall–Kier alpha value is -1.06. The summed E-state index contributed by atoms with van der Waals surface area (Å²) in [6.07, 6.45) is 6.67. The van der Waals surface area contributed by atoms with Gasteiger partial charge in [0.1, 0.15) is 0 Å². The highest BCUT2D eigenvalue weighted by Crippen LogP contribution is 2.33. The molecule has 1 aliphatic heterocycles. The first-order chi connectivity index (χ1) is 9.34. The zero-order valence-corrected chi connectivity index (χ0v) is 11.8. The second-order valence-electron chi connectivity index (χ2n) is 5.25. The number of thioether (sulfide) groups is 1. The smallest absolute Gasteiger partial charge is 0.0799 e. The molecule has 2 heterocycles. The molecule has 100 valence electrons. The molecule has 0 spiro atoms. The van der Waals surface area contributed by atoms with Crippen LogP contribution in [0.3, 0.4) is 0 Å². The minimum absolute atomic E-state index is 0.360. The predicted octanol–water partition coefficient (Wildman–Crippen LogP) is 3.80. The first kappa shape index (κ1) is 12.9. The molecule has 1 saturated heterocycles. The average Bonchev–Trinajstić information content (AvgIpc) is 2.47. The van der Waals surface area contributed by atoms with Crippen LogP contribution in [-0.4, -0.2) is 21.6 Å². The quantitative estimate of drug-likeness (QED) is 0.923. The van der Waals surface area contributed by atoms with E-state index in [2.05, 4.69) is 11.1 Å². The molecule has 3 rings (SSSR count). The molecule has 2 aromatic rings. The number of fused-ring (bicyclic) bond motifs is 1. The Kier molecular flexibility index (Phi) is 4.04. The monoisotopic (exact) mass is 273 g/mol. The second kappa shape index (κ2) is 5.93. The Morgan fingerprint density at radius 3 is 2.95 bits per heavy atom. The number of rotatable bonds is 3. The SMILES string of the molecule is OC(CC1CCSCC1)c1cccc2ccncc12. The fraction of sp³-hybridized carbons (Fsp3) is 0.438. The van der Waals surface area contributed by atoms with Gasteiger partial charge in [-0.05, 0) is 53.7 Å². The first-order valence-electron chi connectivity index (χ1n) is 6.93. The van der Waals surface area contributed by atoms with Crippen LogP contribution in [0.4, 0.5) is 0 Å². The van der Waals surface area contributed by atoms with Crippen molar-refractivity contribution in [2.45, 2.75) is 25.4 Å². The van der Waals surface area contributed by atoms with Crippen molar-refractivity contribution in [2.24, 2.45) is 5.92 Å². The molecule has 0 aliphatic carbocycles. The van der Waals surface area contributed by atoms with Gasteiger partial charge in [0.05, 0.1) is 6.10 Å². The molecule has 1 aromatic heterocycles. The fourth-order valence-electron chi connectivity index (χ4n) is 2.85. The van der Waals surface area contributed by atoms with Gasteiger partial charge in [-0.3, -0.25) is 4.98 Å². The zero-order valence-electron chi connectivity index (χ0n) is 11.0. The lowest BCUT2D eigenvalue weighted by atomic mass is 9.91. The number of benzene rings is 1. The average molecular weight is 273 g/mol. The summed E-state index contributed by atoms with van der Waals surface area (Å²) in [5, 5.41) is 12.8. The third-order valence-corrected chi connectivity index (χ3v) is 5.02. The normalized spacial score (nSPS) is 18.6. The van der Waals surface area contributed by atoms with Crippen LogP contribution in [-0.2, 0) is 0 Å². The molecule has 2 nitrogen and oxygen atoms in total. The zero-order chi connectivity index (χ0) is 13.1. The van der Waals surface area contributed by atoms with Crippen molar-refractivity contribution >= 4 is 22.5 Å². The van der Waals surface area contributed by atoms with Gasteiger partial charge in [-0.15, -0.1) is 0 Å². The van der Waals surface area contributed by atoms with Crippen LogP contribution in [0.15, 0.2) is 36.7 Å². The van der Waals surface area contributed by atoms with Gasteiger partial charge in [0.15, 0.2) is 0 Å². The van der Waals surface area contributed by atoms with E-state index >= 15 is 0 Å². The Morgan fingerprint density at radius 2 is 2.11 bits per heavy atom. The summed E-state index contributed by atoms with van der Waals surface area (Å²) in [5.74, 6) is 3.16. The van der Waals surface area contributed by atoms with Gasteiger partial charge in [-0.25, -0.2) is 0 Å². The van der Waals surface area contributed by atoms with E-state index in [0.717, 1.165) is 22.8 Å². The number of pyridine rings is 1. The highest BCUT2D eigenvalue weighted by Gasteiger charge is 2.19. The molecule has 19 heavy (non-hydrogen) atoms. The van der Waals surface area contributed by atoms with Crippen LogP contribution in [0.25, 0.3) is 10.8 Å². The van der Waals surface area contributed by atoms with E-state index < -0.39 is 0 Å². The van der Waals surface area contributed by atoms with Gasteiger partial charge < -0.3 is 5.11 Å². The number of aliphatic hydroxyl groups is 1. The Morgan fingerprint density at radius 1 is 1.26 bits per heavy atom. The molecule has 1 atom stereocenters. The third-order valence-electron chi connectivity index (χ3n) is 3.97. The Balaban J connectivity index is 1.82. The molecule has 1 unspecified atom stereocenters. The lowest BCUT2D eigenvalue weighted by Gasteiger charge is -2.24. The van der Waals surface area contributed by atoms with Crippen molar-refractivity contribution in [1.29, 1.82) is 0 Å². The topological polar surface area (TPSA) is 33.1 Å². The maximum Gasteiger partial charge on any atom is 0.0799 e. The molecule has 0 bridgehead atoms. The number of hydrogen-bond acceptors (Lipinski definition) is 3. The van der Waals surface area contributed by atoms with Gasteiger partial charge in [-0.2, -0.15) is 11.8 Å². The minimum atomic E-state index is -0.360. The minimum Gasteiger partial charge on any atom is -0.388 e.